The highest BCUT2D eigenvalue weighted by Gasteiger charge is 2.49. The molecule has 118 valence electrons. The van der Waals surface area contributed by atoms with Gasteiger partial charge in [-0.25, -0.2) is 9.78 Å². The molecule has 1 aromatic heterocycles. The summed E-state index contributed by atoms with van der Waals surface area (Å²) >= 11 is 0. The number of carbonyl (C=O) groups excluding carboxylic acids is 2. The van der Waals surface area contributed by atoms with Crippen molar-refractivity contribution < 1.29 is 14.3 Å². The first-order valence-corrected chi connectivity index (χ1v) is 7.57. The molecule has 2 aliphatic heterocycles. The molecule has 0 bridgehead atoms. The second-order valence-corrected chi connectivity index (χ2v) is 6.90. The average Bonchev–Trinajstić information content (AvgIpc) is 2.71. The third-order valence-electron chi connectivity index (χ3n) is 4.26. The van der Waals surface area contributed by atoms with E-state index in [1.807, 2.05) is 32.9 Å². The molecule has 6 heteroatoms. The van der Waals surface area contributed by atoms with Gasteiger partial charge in [0.1, 0.15) is 11.4 Å². The maximum absolute atomic E-state index is 12.4. The number of hydrogen-bond acceptors (Lipinski definition) is 4. The Bertz CT molecular complexity index is 613. The van der Waals surface area contributed by atoms with Crippen LogP contribution in [0.4, 0.5) is 10.6 Å². The number of amides is 2. The second kappa shape index (κ2) is 4.97. The SMILES string of the molecule is CC(C)(C)OC(=O)N1CCC2(CC1)C(=O)Nc1ncccc12. The number of ether oxygens (including phenoxy) is 1. The summed E-state index contributed by atoms with van der Waals surface area (Å²) in [7, 11) is 0. The third kappa shape index (κ3) is 2.42. The number of nitrogens with zero attached hydrogens (tertiary/aromatic N) is 2. The molecule has 2 amide bonds. The summed E-state index contributed by atoms with van der Waals surface area (Å²) in [6.45, 7) is 6.57. The Morgan fingerprint density at radius 2 is 2.05 bits per heavy atom. The Hall–Kier alpha value is -2.11. The Balaban J connectivity index is 1.74. The van der Waals surface area contributed by atoms with Gasteiger partial charge in [0.2, 0.25) is 5.91 Å². The number of aromatic nitrogens is 1. The highest BCUT2D eigenvalue weighted by atomic mass is 16.6. The molecule has 0 saturated carbocycles. The number of fused-ring (bicyclic) bond motifs is 2. The van der Waals surface area contributed by atoms with E-state index < -0.39 is 11.0 Å². The fourth-order valence-corrected chi connectivity index (χ4v) is 3.13. The molecule has 2 aliphatic rings. The number of carbonyl (C=O) groups is 2. The van der Waals surface area contributed by atoms with Crippen molar-refractivity contribution in [3.05, 3.63) is 23.9 Å². The summed E-state index contributed by atoms with van der Waals surface area (Å²) in [5.74, 6) is 0.642. The standard InChI is InChI=1S/C16H21N3O3/c1-15(2,3)22-14(21)19-9-6-16(7-10-19)11-5-4-8-17-12(11)18-13(16)20/h4-5,8H,6-7,9-10H2,1-3H3,(H,17,18,20). The maximum Gasteiger partial charge on any atom is 0.410 e. The quantitative estimate of drug-likeness (QED) is 0.798. The molecular formula is C16H21N3O3. The zero-order valence-corrected chi connectivity index (χ0v) is 13.2. The summed E-state index contributed by atoms with van der Waals surface area (Å²) in [6, 6.07) is 3.80. The van der Waals surface area contributed by atoms with Crippen molar-refractivity contribution in [2.75, 3.05) is 18.4 Å². The molecule has 22 heavy (non-hydrogen) atoms. The van der Waals surface area contributed by atoms with Gasteiger partial charge in [-0.1, -0.05) is 6.07 Å². The molecule has 0 aromatic carbocycles. The topological polar surface area (TPSA) is 71.5 Å². The van der Waals surface area contributed by atoms with Crippen LogP contribution in [0.25, 0.3) is 0 Å². The summed E-state index contributed by atoms with van der Waals surface area (Å²) in [6.07, 6.45) is 2.55. The fourth-order valence-electron chi connectivity index (χ4n) is 3.13. The van der Waals surface area contributed by atoms with Gasteiger partial charge in [0.05, 0.1) is 5.41 Å². The Kier molecular flexibility index (Phi) is 3.34. The number of nitrogens with one attached hydrogen (secondary N) is 1. The third-order valence-corrected chi connectivity index (χ3v) is 4.26. The van der Waals surface area contributed by atoms with Crippen LogP contribution >= 0.6 is 0 Å². The van der Waals surface area contributed by atoms with Crippen LogP contribution in [0.15, 0.2) is 18.3 Å². The zero-order valence-electron chi connectivity index (χ0n) is 13.2. The van der Waals surface area contributed by atoms with E-state index in [0.29, 0.717) is 31.7 Å². The fraction of sp³-hybridized carbons (Fsp3) is 0.562. The van der Waals surface area contributed by atoms with E-state index in [9.17, 15) is 9.59 Å². The van der Waals surface area contributed by atoms with Crippen LogP contribution in [-0.2, 0) is 14.9 Å². The number of rotatable bonds is 0. The van der Waals surface area contributed by atoms with Crippen LogP contribution in [0.2, 0.25) is 0 Å². The molecular weight excluding hydrogens is 282 g/mol. The predicted octanol–water partition coefficient (Wildman–Crippen LogP) is 2.30. The minimum atomic E-state index is -0.553. The molecule has 1 fully saturated rings. The van der Waals surface area contributed by atoms with Gasteiger partial charge in [0.15, 0.2) is 0 Å². The van der Waals surface area contributed by atoms with Gasteiger partial charge in [-0.15, -0.1) is 0 Å². The van der Waals surface area contributed by atoms with Crippen LogP contribution in [0.5, 0.6) is 0 Å². The molecule has 3 heterocycles. The van der Waals surface area contributed by atoms with E-state index in [4.69, 9.17) is 4.74 Å². The molecule has 0 radical (unpaired) electrons. The minimum Gasteiger partial charge on any atom is -0.444 e. The first kappa shape index (κ1) is 14.8. The predicted molar refractivity (Wildman–Crippen MR) is 81.6 cm³/mol. The van der Waals surface area contributed by atoms with Gasteiger partial charge in [-0.05, 0) is 39.7 Å². The van der Waals surface area contributed by atoms with Gasteiger partial charge < -0.3 is 15.0 Å². The highest BCUT2D eigenvalue weighted by molar-refractivity contribution is 6.05. The summed E-state index contributed by atoms with van der Waals surface area (Å²) in [5.41, 5.74) is -0.112. The first-order valence-electron chi connectivity index (χ1n) is 7.57. The van der Waals surface area contributed by atoms with Crippen molar-refractivity contribution in [1.29, 1.82) is 0 Å². The van der Waals surface area contributed by atoms with Crippen molar-refractivity contribution in [2.24, 2.45) is 0 Å². The number of pyridine rings is 1. The molecule has 0 aliphatic carbocycles. The van der Waals surface area contributed by atoms with Gasteiger partial charge in [-0.2, -0.15) is 0 Å². The summed E-state index contributed by atoms with van der Waals surface area (Å²) in [5, 5.41) is 2.86. The number of likely N-dealkylation sites (tertiary alicyclic amines) is 1. The average molecular weight is 303 g/mol. The first-order chi connectivity index (χ1) is 10.3. The van der Waals surface area contributed by atoms with Crippen molar-refractivity contribution in [2.45, 2.75) is 44.6 Å². The lowest BCUT2D eigenvalue weighted by Crippen LogP contribution is -2.49. The molecule has 1 N–H and O–H groups in total. The molecule has 1 aromatic rings. The van der Waals surface area contributed by atoms with Gasteiger partial charge in [0.25, 0.3) is 0 Å². The van der Waals surface area contributed by atoms with Gasteiger partial charge >= 0.3 is 6.09 Å². The van der Waals surface area contributed by atoms with Gasteiger partial charge in [-0.3, -0.25) is 4.79 Å². The van der Waals surface area contributed by atoms with Crippen molar-refractivity contribution in [3.63, 3.8) is 0 Å². The van der Waals surface area contributed by atoms with Crippen LogP contribution < -0.4 is 5.32 Å². The Labute approximate surface area is 129 Å². The van der Waals surface area contributed by atoms with Crippen molar-refractivity contribution >= 4 is 17.8 Å². The monoisotopic (exact) mass is 303 g/mol. The normalized spacial score (nSPS) is 19.8. The van der Waals surface area contributed by atoms with Crippen LogP contribution in [0, 0.1) is 0 Å². The van der Waals surface area contributed by atoms with Gasteiger partial charge in [0, 0.05) is 24.8 Å². The minimum absolute atomic E-state index is 0.00922. The van der Waals surface area contributed by atoms with Crippen LogP contribution in [-0.4, -0.2) is 40.6 Å². The smallest absolute Gasteiger partial charge is 0.410 e. The largest absolute Gasteiger partial charge is 0.444 e. The Morgan fingerprint density at radius 1 is 1.36 bits per heavy atom. The van der Waals surface area contributed by atoms with E-state index in [0.717, 1.165) is 5.56 Å². The van der Waals surface area contributed by atoms with Crippen molar-refractivity contribution in [3.8, 4) is 0 Å². The lowest BCUT2D eigenvalue weighted by atomic mass is 9.74. The molecule has 0 atom stereocenters. The second-order valence-electron chi connectivity index (χ2n) is 6.90. The highest BCUT2D eigenvalue weighted by Crippen LogP contribution is 2.43. The summed E-state index contributed by atoms with van der Waals surface area (Å²) < 4.78 is 5.40. The van der Waals surface area contributed by atoms with Crippen LogP contribution in [0.3, 0.4) is 0 Å². The lowest BCUT2D eigenvalue weighted by Gasteiger charge is -2.38. The molecule has 6 nitrogen and oxygen atoms in total. The van der Waals surface area contributed by atoms with Crippen molar-refractivity contribution in [1.82, 2.24) is 9.88 Å². The van der Waals surface area contributed by atoms with E-state index in [1.165, 1.54) is 0 Å². The molecule has 3 rings (SSSR count). The van der Waals surface area contributed by atoms with E-state index >= 15 is 0 Å². The van der Waals surface area contributed by atoms with E-state index in [2.05, 4.69) is 10.3 Å². The molecule has 0 unspecified atom stereocenters. The van der Waals surface area contributed by atoms with E-state index in [1.54, 1.807) is 11.1 Å². The number of hydrogen-bond donors (Lipinski definition) is 1. The number of anilines is 1. The molecule has 1 spiro atoms. The Morgan fingerprint density at radius 3 is 2.68 bits per heavy atom. The summed E-state index contributed by atoms with van der Waals surface area (Å²) in [4.78, 5) is 30.5. The lowest BCUT2D eigenvalue weighted by molar-refractivity contribution is -0.122. The zero-order chi connectivity index (χ0) is 16.0. The van der Waals surface area contributed by atoms with E-state index in [-0.39, 0.29) is 12.0 Å². The molecule has 1 saturated heterocycles. The maximum atomic E-state index is 12.4. The number of piperidine rings is 1. The van der Waals surface area contributed by atoms with Crippen LogP contribution in [0.1, 0.15) is 39.2 Å².